The molecular weight excluding hydrogens is 214 g/mol. The van der Waals surface area contributed by atoms with Gasteiger partial charge in [0.2, 0.25) is 0 Å². The average molecular weight is 235 g/mol. The first-order valence-corrected chi connectivity index (χ1v) is 6.30. The molecule has 2 rings (SSSR count). The second kappa shape index (κ2) is 5.41. The van der Waals surface area contributed by atoms with E-state index in [0.29, 0.717) is 0 Å². The van der Waals surface area contributed by atoms with E-state index in [4.69, 9.17) is 4.74 Å². The lowest BCUT2D eigenvalue weighted by molar-refractivity contribution is 0.116. The number of benzene rings is 1. The first-order valence-electron chi connectivity index (χ1n) is 6.30. The predicted octanol–water partition coefficient (Wildman–Crippen LogP) is 2.72. The fraction of sp³-hybridized carbons (Fsp3) is 0.571. The summed E-state index contributed by atoms with van der Waals surface area (Å²) in [7, 11) is 1.67. The molecule has 0 amide bonds. The maximum Gasteiger partial charge on any atom is 0.141 e. The van der Waals surface area contributed by atoms with Crippen molar-refractivity contribution in [3.05, 3.63) is 23.8 Å². The number of rotatable bonds is 3. The predicted molar refractivity (Wildman–Crippen MR) is 69.6 cm³/mol. The number of methoxy groups -OCH3 is 1. The van der Waals surface area contributed by atoms with E-state index in [1.54, 1.807) is 7.11 Å². The van der Waals surface area contributed by atoms with Crippen LogP contribution >= 0.6 is 0 Å². The van der Waals surface area contributed by atoms with E-state index in [1.165, 1.54) is 12.0 Å². The van der Waals surface area contributed by atoms with Gasteiger partial charge in [-0.3, -0.25) is 0 Å². The number of aliphatic hydroxyl groups excluding tert-OH is 1. The molecule has 2 N–H and O–H groups in total. The molecule has 2 atom stereocenters. The summed E-state index contributed by atoms with van der Waals surface area (Å²) in [5.74, 6) is 0.841. The van der Waals surface area contributed by atoms with Crippen molar-refractivity contribution in [2.45, 2.75) is 44.8 Å². The van der Waals surface area contributed by atoms with Crippen molar-refractivity contribution in [1.29, 1.82) is 0 Å². The van der Waals surface area contributed by atoms with Crippen LogP contribution in [0, 0.1) is 6.92 Å². The summed E-state index contributed by atoms with van der Waals surface area (Å²) >= 11 is 0. The van der Waals surface area contributed by atoms with Gasteiger partial charge in [0.15, 0.2) is 0 Å². The summed E-state index contributed by atoms with van der Waals surface area (Å²) in [5, 5.41) is 13.4. The Labute approximate surface area is 103 Å². The topological polar surface area (TPSA) is 41.5 Å². The molecular formula is C14H21NO2. The Kier molecular flexibility index (Phi) is 3.89. The van der Waals surface area contributed by atoms with Crippen molar-refractivity contribution in [2.75, 3.05) is 12.4 Å². The fourth-order valence-electron chi connectivity index (χ4n) is 2.41. The number of nitrogens with one attached hydrogen (secondary N) is 1. The molecule has 0 heterocycles. The maximum atomic E-state index is 9.96. The molecule has 0 spiro atoms. The van der Waals surface area contributed by atoms with Crippen LogP contribution in [0.25, 0.3) is 0 Å². The minimum Gasteiger partial charge on any atom is -0.495 e. The monoisotopic (exact) mass is 235 g/mol. The molecule has 3 heteroatoms. The smallest absolute Gasteiger partial charge is 0.141 e. The highest BCUT2D eigenvalue weighted by Gasteiger charge is 2.23. The van der Waals surface area contributed by atoms with Gasteiger partial charge in [-0.05, 0) is 37.5 Å². The SMILES string of the molecule is COc1ccc(C)cc1N[C@H]1CCCC[C@@H]1O. The van der Waals surface area contributed by atoms with E-state index in [0.717, 1.165) is 30.7 Å². The largest absolute Gasteiger partial charge is 0.495 e. The number of hydrogen-bond donors (Lipinski definition) is 2. The third-order valence-corrected chi connectivity index (χ3v) is 3.43. The molecule has 1 saturated carbocycles. The Morgan fingerprint density at radius 3 is 2.76 bits per heavy atom. The summed E-state index contributed by atoms with van der Waals surface area (Å²) in [6, 6.07) is 6.22. The van der Waals surface area contributed by atoms with Crippen molar-refractivity contribution in [1.82, 2.24) is 0 Å². The Balaban J connectivity index is 2.13. The minimum absolute atomic E-state index is 0.152. The lowest BCUT2D eigenvalue weighted by Gasteiger charge is -2.29. The molecule has 1 aromatic carbocycles. The molecule has 1 aliphatic rings. The van der Waals surface area contributed by atoms with Gasteiger partial charge in [-0.1, -0.05) is 18.9 Å². The molecule has 0 aliphatic heterocycles. The van der Waals surface area contributed by atoms with Gasteiger partial charge in [-0.15, -0.1) is 0 Å². The zero-order valence-electron chi connectivity index (χ0n) is 10.6. The Hall–Kier alpha value is -1.22. The average Bonchev–Trinajstić information content (AvgIpc) is 2.32. The lowest BCUT2D eigenvalue weighted by atomic mass is 9.92. The van der Waals surface area contributed by atoms with E-state index in [-0.39, 0.29) is 12.1 Å². The summed E-state index contributed by atoms with van der Waals surface area (Å²) < 4.78 is 5.33. The molecule has 0 aromatic heterocycles. The van der Waals surface area contributed by atoms with Crippen LogP contribution in [0.1, 0.15) is 31.2 Å². The third kappa shape index (κ3) is 2.91. The fourth-order valence-corrected chi connectivity index (χ4v) is 2.41. The number of aryl methyl sites for hydroxylation is 1. The van der Waals surface area contributed by atoms with Gasteiger partial charge < -0.3 is 15.2 Å². The molecule has 0 bridgehead atoms. The lowest BCUT2D eigenvalue weighted by Crippen LogP contribution is -2.36. The Bertz CT molecular complexity index is 378. The second-order valence-electron chi connectivity index (χ2n) is 4.81. The summed E-state index contributed by atoms with van der Waals surface area (Å²) in [6.45, 7) is 2.06. The van der Waals surface area contributed by atoms with Crippen LogP contribution in [-0.2, 0) is 0 Å². The molecule has 94 valence electrons. The van der Waals surface area contributed by atoms with Gasteiger partial charge in [0.05, 0.1) is 24.9 Å². The van der Waals surface area contributed by atoms with E-state index in [1.807, 2.05) is 12.1 Å². The minimum atomic E-state index is -0.242. The third-order valence-electron chi connectivity index (χ3n) is 3.43. The second-order valence-corrected chi connectivity index (χ2v) is 4.81. The maximum absolute atomic E-state index is 9.96. The molecule has 0 saturated heterocycles. The van der Waals surface area contributed by atoms with Crippen molar-refractivity contribution in [3.63, 3.8) is 0 Å². The summed E-state index contributed by atoms with van der Waals surface area (Å²) in [5.41, 5.74) is 2.18. The van der Waals surface area contributed by atoms with Gasteiger partial charge >= 0.3 is 0 Å². The molecule has 1 aliphatic carbocycles. The van der Waals surface area contributed by atoms with E-state index < -0.39 is 0 Å². The van der Waals surface area contributed by atoms with E-state index in [9.17, 15) is 5.11 Å². The number of ether oxygens (including phenoxy) is 1. The highest BCUT2D eigenvalue weighted by molar-refractivity contribution is 5.58. The van der Waals surface area contributed by atoms with Crippen LogP contribution in [0.4, 0.5) is 5.69 Å². The standard InChI is InChI=1S/C14H21NO2/c1-10-7-8-14(17-2)12(9-10)15-11-5-3-4-6-13(11)16/h7-9,11,13,15-16H,3-6H2,1-2H3/t11-,13-/m0/s1. The van der Waals surface area contributed by atoms with E-state index >= 15 is 0 Å². The molecule has 0 radical (unpaired) electrons. The molecule has 1 aromatic rings. The zero-order chi connectivity index (χ0) is 12.3. The van der Waals surface area contributed by atoms with Crippen LogP contribution in [0.2, 0.25) is 0 Å². The van der Waals surface area contributed by atoms with Crippen molar-refractivity contribution < 1.29 is 9.84 Å². The van der Waals surface area contributed by atoms with Crippen molar-refractivity contribution in [2.24, 2.45) is 0 Å². The number of anilines is 1. The van der Waals surface area contributed by atoms with Crippen LogP contribution in [-0.4, -0.2) is 24.4 Å². The summed E-state index contributed by atoms with van der Waals surface area (Å²) in [6.07, 6.45) is 3.99. The molecule has 17 heavy (non-hydrogen) atoms. The van der Waals surface area contributed by atoms with Gasteiger partial charge in [0.25, 0.3) is 0 Å². The molecule has 0 unspecified atom stereocenters. The first-order chi connectivity index (χ1) is 8.20. The number of aliphatic hydroxyl groups is 1. The highest BCUT2D eigenvalue weighted by atomic mass is 16.5. The van der Waals surface area contributed by atoms with Crippen molar-refractivity contribution >= 4 is 5.69 Å². The van der Waals surface area contributed by atoms with Gasteiger partial charge in [-0.25, -0.2) is 0 Å². The van der Waals surface area contributed by atoms with Crippen molar-refractivity contribution in [3.8, 4) is 5.75 Å². The normalized spacial score (nSPS) is 24.4. The summed E-state index contributed by atoms with van der Waals surface area (Å²) in [4.78, 5) is 0. The number of hydrogen-bond acceptors (Lipinski definition) is 3. The Morgan fingerprint density at radius 2 is 2.06 bits per heavy atom. The van der Waals surface area contributed by atoms with Crippen LogP contribution in [0.15, 0.2) is 18.2 Å². The van der Waals surface area contributed by atoms with Crippen LogP contribution in [0.5, 0.6) is 5.75 Å². The van der Waals surface area contributed by atoms with Crippen LogP contribution < -0.4 is 10.1 Å². The highest BCUT2D eigenvalue weighted by Crippen LogP contribution is 2.29. The van der Waals surface area contributed by atoms with Crippen LogP contribution in [0.3, 0.4) is 0 Å². The van der Waals surface area contributed by atoms with Gasteiger partial charge in [0.1, 0.15) is 5.75 Å². The first kappa shape index (κ1) is 12.2. The van der Waals surface area contributed by atoms with E-state index in [2.05, 4.69) is 18.3 Å². The van der Waals surface area contributed by atoms with Gasteiger partial charge in [0, 0.05) is 0 Å². The molecule has 3 nitrogen and oxygen atoms in total. The quantitative estimate of drug-likeness (QED) is 0.846. The van der Waals surface area contributed by atoms with Gasteiger partial charge in [-0.2, -0.15) is 0 Å². The zero-order valence-corrected chi connectivity index (χ0v) is 10.6. The molecule has 1 fully saturated rings. The Morgan fingerprint density at radius 1 is 1.29 bits per heavy atom.